The average Bonchev–Trinajstić information content (AvgIpc) is 2.66. The van der Waals surface area contributed by atoms with Crippen LogP contribution in [0.4, 0.5) is 0 Å². The summed E-state index contributed by atoms with van der Waals surface area (Å²) in [4.78, 5) is 29.8. The van der Waals surface area contributed by atoms with E-state index in [1.165, 1.54) is 11.6 Å². The van der Waals surface area contributed by atoms with Gasteiger partial charge in [-0.1, -0.05) is 30.3 Å². The number of hydrogen-bond donors (Lipinski definition) is 2. The first kappa shape index (κ1) is 19.4. The van der Waals surface area contributed by atoms with E-state index in [-0.39, 0.29) is 28.9 Å². The van der Waals surface area contributed by atoms with E-state index in [9.17, 15) is 14.7 Å². The van der Waals surface area contributed by atoms with Crippen LogP contribution >= 0.6 is 0 Å². The number of aliphatic hydroxyl groups is 1. The molecule has 1 fully saturated rings. The summed E-state index contributed by atoms with van der Waals surface area (Å²) < 4.78 is 0. The molecule has 27 heavy (non-hydrogen) atoms. The second-order valence-electron chi connectivity index (χ2n) is 7.54. The number of carbonyl (C=O) groups excluding carboxylic acids is 1. The number of aliphatic hydroxyl groups excluding tert-OH is 1. The minimum Gasteiger partial charge on any atom is -0.393 e. The molecule has 1 aliphatic heterocycles. The lowest BCUT2D eigenvalue weighted by Crippen LogP contribution is -2.43. The molecule has 0 aliphatic carbocycles. The van der Waals surface area contributed by atoms with Crippen LogP contribution in [-0.4, -0.2) is 40.1 Å². The first-order valence-electron chi connectivity index (χ1n) is 9.67. The Kier molecular flexibility index (Phi) is 6.11. The third-order valence-electron chi connectivity index (χ3n) is 5.51. The smallest absolute Gasteiger partial charge is 0.259 e. The van der Waals surface area contributed by atoms with E-state index in [1.807, 2.05) is 25.1 Å². The SMILES string of the molecule is Cc1cc(=O)c(C(=O)N2CCC(C(O)CCc3ccccc3)CC2)c(C)[nH]1. The Bertz CT molecular complexity index is 836. The molecule has 0 saturated carbocycles. The third-order valence-corrected chi connectivity index (χ3v) is 5.51. The summed E-state index contributed by atoms with van der Waals surface area (Å²) in [6.07, 6.45) is 2.78. The van der Waals surface area contributed by atoms with Crippen LogP contribution in [0.3, 0.4) is 0 Å². The van der Waals surface area contributed by atoms with Crippen molar-refractivity contribution in [1.82, 2.24) is 9.88 Å². The minimum atomic E-state index is -0.355. The van der Waals surface area contributed by atoms with E-state index in [4.69, 9.17) is 0 Å². The number of aryl methyl sites for hydroxylation is 3. The summed E-state index contributed by atoms with van der Waals surface area (Å²) in [5, 5.41) is 10.5. The Morgan fingerprint density at radius 3 is 2.52 bits per heavy atom. The number of H-pyrrole nitrogens is 1. The van der Waals surface area contributed by atoms with Gasteiger partial charge in [-0.2, -0.15) is 0 Å². The fraction of sp³-hybridized carbons (Fsp3) is 0.455. The number of aromatic amines is 1. The molecule has 1 saturated heterocycles. The number of carbonyl (C=O) groups is 1. The molecule has 2 aromatic rings. The van der Waals surface area contributed by atoms with Crippen molar-refractivity contribution in [3.05, 3.63) is 69.1 Å². The van der Waals surface area contributed by atoms with E-state index >= 15 is 0 Å². The zero-order chi connectivity index (χ0) is 19.4. The fourth-order valence-corrected chi connectivity index (χ4v) is 3.95. The Hall–Kier alpha value is -2.40. The van der Waals surface area contributed by atoms with Crippen molar-refractivity contribution in [2.24, 2.45) is 5.92 Å². The minimum absolute atomic E-state index is 0.203. The fourth-order valence-electron chi connectivity index (χ4n) is 3.95. The molecule has 2 heterocycles. The van der Waals surface area contributed by atoms with E-state index < -0.39 is 0 Å². The third kappa shape index (κ3) is 4.66. The molecule has 1 aromatic carbocycles. The zero-order valence-electron chi connectivity index (χ0n) is 16.1. The maximum absolute atomic E-state index is 12.8. The maximum Gasteiger partial charge on any atom is 0.259 e. The van der Waals surface area contributed by atoms with Gasteiger partial charge in [0, 0.05) is 30.5 Å². The predicted molar refractivity (Wildman–Crippen MR) is 106 cm³/mol. The summed E-state index contributed by atoms with van der Waals surface area (Å²) in [5.74, 6) is 0.00105. The van der Waals surface area contributed by atoms with Gasteiger partial charge in [0.2, 0.25) is 0 Å². The molecule has 144 valence electrons. The largest absolute Gasteiger partial charge is 0.393 e. The van der Waals surface area contributed by atoms with Crippen LogP contribution in [0.5, 0.6) is 0 Å². The van der Waals surface area contributed by atoms with Crippen molar-refractivity contribution in [3.63, 3.8) is 0 Å². The molecule has 2 N–H and O–H groups in total. The first-order valence-corrected chi connectivity index (χ1v) is 9.67. The number of amides is 1. The van der Waals surface area contributed by atoms with Gasteiger partial charge in [-0.05, 0) is 51.0 Å². The highest BCUT2D eigenvalue weighted by atomic mass is 16.3. The van der Waals surface area contributed by atoms with Gasteiger partial charge >= 0.3 is 0 Å². The maximum atomic E-state index is 12.8. The highest BCUT2D eigenvalue weighted by Gasteiger charge is 2.29. The van der Waals surface area contributed by atoms with Gasteiger partial charge in [-0.25, -0.2) is 0 Å². The second kappa shape index (κ2) is 8.53. The van der Waals surface area contributed by atoms with Crippen LogP contribution < -0.4 is 5.43 Å². The summed E-state index contributed by atoms with van der Waals surface area (Å²) >= 11 is 0. The molecule has 3 rings (SSSR count). The lowest BCUT2D eigenvalue weighted by molar-refractivity contribution is 0.0435. The number of hydrogen-bond acceptors (Lipinski definition) is 3. The van der Waals surface area contributed by atoms with Crippen molar-refractivity contribution in [1.29, 1.82) is 0 Å². The van der Waals surface area contributed by atoms with E-state index in [2.05, 4.69) is 17.1 Å². The Labute approximate surface area is 160 Å². The highest BCUT2D eigenvalue weighted by Crippen LogP contribution is 2.24. The van der Waals surface area contributed by atoms with Crippen LogP contribution in [0.25, 0.3) is 0 Å². The molecule has 1 atom stereocenters. The van der Waals surface area contributed by atoms with Crippen molar-refractivity contribution in [3.8, 4) is 0 Å². The number of aromatic nitrogens is 1. The number of likely N-dealkylation sites (tertiary alicyclic amines) is 1. The molecule has 0 bridgehead atoms. The van der Waals surface area contributed by atoms with Crippen LogP contribution in [0.1, 0.15) is 46.6 Å². The number of nitrogens with one attached hydrogen (secondary N) is 1. The van der Waals surface area contributed by atoms with Crippen molar-refractivity contribution in [2.45, 2.75) is 45.6 Å². The quantitative estimate of drug-likeness (QED) is 0.852. The molecule has 1 unspecified atom stereocenters. The normalized spacial score (nSPS) is 16.3. The Morgan fingerprint density at radius 1 is 1.22 bits per heavy atom. The standard InChI is InChI=1S/C22H28N2O3/c1-15-14-20(26)21(16(2)23-15)22(27)24-12-10-18(11-13-24)19(25)9-8-17-6-4-3-5-7-17/h3-7,14,18-19,25H,8-13H2,1-2H3,(H,23,26). The van der Waals surface area contributed by atoms with Crippen LogP contribution in [0.2, 0.25) is 0 Å². The van der Waals surface area contributed by atoms with Gasteiger partial charge in [0.1, 0.15) is 5.56 Å². The highest BCUT2D eigenvalue weighted by molar-refractivity contribution is 5.95. The number of pyridine rings is 1. The van der Waals surface area contributed by atoms with Gasteiger partial charge < -0.3 is 15.0 Å². The number of benzene rings is 1. The molecule has 1 aliphatic rings. The van der Waals surface area contributed by atoms with Crippen LogP contribution in [0.15, 0.2) is 41.2 Å². The second-order valence-corrected chi connectivity index (χ2v) is 7.54. The molecular formula is C22H28N2O3. The summed E-state index contributed by atoms with van der Waals surface area (Å²) in [5.41, 5.74) is 2.63. The predicted octanol–water partition coefficient (Wildman–Crippen LogP) is 2.84. The van der Waals surface area contributed by atoms with Crippen molar-refractivity contribution in [2.75, 3.05) is 13.1 Å². The van der Waals surface area contributed by atoms with Crippen molar-refractivity contribution < 1.29 is 9.90 Å². The number of nitrogens with zero attached hydrogens (tertiary/aromatic N) is 1. The van der Waals surface area contributed by atoms with Gasteiger partial charge in [0.15, 0.2) is 5.43 Å². The van der Waals surface area contributed by atoms with E-state index in [1.54, 1.807) is 11.8 Å². The van der Waals surface area contributed by atoms with Crippen LogP contribution in [0, 0.1) is 19.8 Å². The number of piperidine rings is 1. The van der Waals surface area contributed by atoms with Crippen LogP contribution in [-0.2, 0) is 6.42 Å². The molecular weight excluding hydrogens is 340 g/mol. The summed E-state index contributed by atoms with van der Waals surface area (Å²) in [6, 6.07) is 11.7. The Balaban J connectivity index is 1.55. The summed E-state index contributed by atoms with van der Waals surface area (Å²) in [6.45, 7) is 4.74. The average molecular weight is 368 g/mol. The Morgan fingerprint density at radius 2 is 1.89 bits per heavy atom. The molecule has 5 nitrogen and oxygen atoms in total. The van der Waals surface area contributed by atoms with Gasteiger partial charge in [0.05, 0.1) is 6.10 Å². The lowest BCUT2D eigenvalue weighted by Gasteiger charge is -2.34. The van der Waals surface area contributed by atoms with Gasteiger partial charge in [-0.3, -0.25) is 9.59 Å². The number of rotatable bonds is 5. The lowest BCUT2D eigenvalue weighted by atomic mass is 9.88. The monoisotopic (exact) mass is 368 g/mol. The first-order chi connectivity index (χ1) is 13.0. The van der Waals surface area contributed by atoms with E-state index in [0.29, 0.717) is 18.8 Å². The van der Waals surface area contributed by atoms with Crippen molar-refractivity contribution >= 4 is 5.91 Å². The van der Waals surface area contributed by atoms with Gasteiger partial charge in [-0.15, -0.1) is 0 Å². The molecule has 1 amide bonds. The topological polar surface area (TPSA) is 73.4 Å². The van der Waals surface area contributed by atoms with E-state index in [0.717, 1.165) is 31.4 Å². The molecule has 5 heteroatoms. The molecule has 0 radical (unpaired) electrons. The summed E-state index contributed by atoms with van der Waals surface area (Å²) in [7, 11) is 0. The zero-order valence-corrected chi connectivity index (χ0v) is 16.1. The molecule has 0 spiro atoms. The van der Waals surface area contributed by atoms with Gasteiger partial charge in [0.25, 0.3) is 5.91 Å². The molecule has 1 aromatic heterocycles.